The lowest BCUT2D eigenvalue weighted by atomic mass is 9.79. The molecule has 2 aromatic rings. The number of benzene rings is 2. The normalized spacial score (nSPS) is 17.3. The van der Waals surface area contributed by atoms with Gasteiger partial charge in [-0.1, -0.05) is 31.0 Å². The van der Waals surface area contributed by atoms with Gasteiger partial charge in [0.25, 0.3) is 0 Å². The topological polar surface area (TPSA) is 78.9 Å². The zero-order valence-electron chi connectivity index (χ0n) is 17.2. The summed E-state index contributed by atoms with van der Waals surface area (Å²) in [5.41, 5.74) is 7.40. The van der Waals surface area contributed by atoms with E-state index in [1.807, 2.05) is 32.9 Å². The molecule has 0 spiro atoms. The van der Waals surface area contributed by atoms with Gasteiger partial charge in [-0.3, -0.25) is 0 Å². The van der Waals surface area contributed by atoms with E-state index >= 15 is 0 Å². The van der Waals surface area contributed by atoms with Crippen LogP contribution in [0.25, 0.3) is 0 Å². The number of nitrogens with two attached hydrogens (primary N) is 1. The number of halogens is 1. The van der Waals surface area contributed by atoms with Gasteiger partial charge in [-0.2, -0.15) is 5.26 Å². The van der Waals surface area contributed by atoms with Crippen LogP contribution >= 0.6 is 0 Å². The van der Waals surface area contributed by atoms with E-state index in [-0.39, 0.29) is 5.69 Å². The van der Waals surface area contributed by atoms with Gasteiger partial charge in [-0.25, -0.2) is 13.3 Å². The molecule has 1 fully saturated rings. The van der Waals surface area contributed by atoms with E-state index in [1.165, 1.54) is 18.9 Å². The summed E-state index contributed by atoms with van der Waals surface area (Å²) in [7, 11) is -1.37. The molecule has 0 saturated heterocycles. The van der Waals surface area contributed by atoms with Crippen molar-refractivity contribution >= 4 is 16.7 Å². The van der Waals surface area contributed by atoms with Crippen molar-refractivity contribution in [3.63, 3.8) is 0 Å². The Morgan fingerprint density at radius 2 is 1.79 bits per heavy atom. The molecule has 0 aromatic heterocycles. The Hall–Kier alpha value is -2.23. The molecule has 1 unspecified atom stereocenters. The molecule has 1 aliphatic rings. The predicted molar refractivity (Wildman–Crippen MR) is 116 cm³/mol. The molecule has 154 valence electrons. The molecule has 3 N–H and O–H groups in total. The smallest absolute Gasteiger partial charge is 0.146 e. The number of nitrogen functional groups attached to an aromatic ring is 1. The zero-order valence-corrected chi connectivity index (χ0v) is 18.0. The molecule has 1 saturated carbocycles. The van der Waals surface area contributed by atoms with Gasteiger partial charge in [-0.05, 0) is 74.9 Å². The highest BCUT2D eigenvalue weighted by Crippen LogP contribution is 2.42. The first-order valence-electron chi connectivity index (χ1n) is 9.91. The maximum absolute atomic E-state index is 13.9. The van der Waals surface area contributed by atoms with E-state index in [2.05, 4.69) is 10.8 Å². The van der Waals surface area contributed by atoms with Crippen molar-refractivity contribution in [3.05, 3.63) is 65.0 Å². The number of hydrogen-bond donors (Lipinski definition) is 2. The molecule has 3 rings (SSSR count). The monoisotopic (exact) mass is 413 g/mol. The van der Waals surface area contributed by atoms with Gasteiger partial charge >= 0.3 is 0 Å². The van der Waals surface area contributed by atoms with E-state index < -0.39 is 27.1 Å². The van der Waals surface area contributed by atoms with Crippen molar-refractivity contribution in [1.82, 2.24) is 4.72 Å². The van der Waals surface area contributed by atoms with E-state index in [1.54, 1.807) is 24.3 Å². The van der Waals surface area contributed by atoms with Crippen LogP contribution in [-0.2, 0) is 16.5 Å². The fourth-order valence-corrected chi connectivity index (χ4v) is 4.36. The Bertz CT molecular complexity index is 942. The molecule has 29 heavy (non-hydrogen) atoms. The molecule has 4 nitrogen and oxygen atoms in total. The molecular weight excluding hydrogens is 385 g/mol. The fraction of sp³-hybridized carbons (Fsp3) is 0.435. The van der Waals surface area contributed by atoms with Gasteiger partial charge in [0.15, 0.2) is 0 Å². The predicted octanol–water partition coefficient (Wildman–Crippen LogP) is 4.77. The van der Waals surface area contributed by atoms with Crippen LogP contribution in [0, 0.1) is 23.1 Å². The summed E-state index contributed by atoms with van der Waals surface area (Å²) < 4.78 is 30.0. The van der Waals surface area contributed by atoms with Gasteiger partial charge in [-0.15, -0.1) is 0 Å². The van der Waals surface area contributed by atoms with Crippen molar-refractivity contribution in [2.24, 2.45) is 5.92 Å². The zero-order chi connectivity index (χ0) is 21.2. The van der Waals surface area contributed by atoms with E-state index in [4.69, 9.17) is 5.73 Å². The molecular formula is C23H28FN3OS. The largest absolute Gasteiger partial charge is 0.396 e. The van der Waals surface area contributed by atoms with E-state index in [0.717, 1.165) is 17.5 Å². The van der Waals surface area contributed by atoms with Gasteiger partial charge < -0.3 is 5.73 Å². The van der Waals surface area contributed by atoms with Crippen LogP contribution in [-0.4, -0.2) is 8.96 Å². The fourth-order valence-electron chi connectivity index (χ4n) is 3.40. The quantitative estimate of drug-likeness (QED) is 0.642. The second-order valence-corrected chi connectivity index (χ2v) is 10.8. The second kappa shape index (κ2) is 8.25. The molecule has 0 amide bonds. The molecule has 0 aliphatic heterocycles. The molecule has 0 radical (unpaired) electrons. The van der Waals surface area contributed by atoms with Crippen LogP contribution in [0.5, 0.6) is 0 Å². The average Bonchev–Trinajstić information content (AvgIpc) is 3.51. The lowest BCUT2D eigenvalue weighted by molar-refractivity contribution is 0.415. The van der Waals surface area contributed by atoms with Gasteiger partial charge in [0.2, 0.25) is 0 Å². The van der Waals surface area contributed by atoms with E-state index in [9.17, 15) is 13.9 Å². The molecule has 6 heteroatoms. The minimum atomic E-state index is -1.37. The number of rotatable bonds is 7. The maximum atomic E-state index is 13.9. The Morgan fingerprint density at radius 1 is 1.17 bits per heavy atom. The van der Waals surface area contributed by atoms with Crippen molar-refractivity contribution in [3.8, 4) is 6.07 Å². The number of nitriles is 1. The highest BCUT2D eigenvalue weighted by atomic mass is 32.2. The van der Waals surface area contributed by atoms with Crippen LogP contribution in [0.15, 0.2) is 42.5 Å². The summed E-state index contributed by atoms with van der Waals surface area (Å²) in [5.74, 6) is 0.192. The van der Waals surface area contributed by atoms with Gasteiger partial charge in [0.1, 0.15) is 5.82 Å². The summed E-state index contributed by atoms with van der Waals surface area (Å²) in [6, 6.07) is 14.1. The van der Waals surface area contributed by atoms with E-state index in [0.29, 0.717) is 17.9 Å². The molecule has 0 heterocycles. The van der Waals surface area contributed by atoms with Crippen molar-refractivity contribution in [2.45, 2.75) is 56.7 Å². The molecule has 0 bridgehead atoms. The van der Waals surface area contributed by atoms with Crippen LogP contribution < -0.4 is 10.5 Å². The highest BCUT2D eigenvalue weighted by molar-refractivity contribution is 7.84. The van der Waals surface area contributed by atoms with Crippen LogP contribution in [0.4, 0.5) is 10.1 Å². The average molecular weight is 414 g/mol. The first kappa shape index (κ1) is 21.5. The highest BCUT2D eigenvalue weighted by Gasteiger charge is 2.40. The third-order valence-corrected chi connectivity index (χ3v) is 7.09. The standard InChI is InChI=1S/C23H28FN3OS/c1-22(2,3)29(28)27-23(13-12-16-4-5-16,18-8-6-17(15-25)7-9-18)19-10-11-20(24)21(26)14-19/h6-11,14,16,27H,4-5,12-13,26H2,1-3H3/t23-,29?/m0/s1. The van der Waals surface area contributed by atoms with Gasteiger partial charge in [0, 0.05) is 0 Å². The van der Waals surface area contributed by atoms with Crippen molar-refractivity contribution < 1.29 is 8.60 Å². The van der Waals surface area contributed by atoms with Crippen LogP contribution in [0.3, 0.4) is 0 Å². The number of nitrogens with zero attached hydrogens (tertiary/aromatic N) is 1. The minimum absolute atomic E-state index is 0.0651. The summed E-state index contributed by atoms with van der Waals surface area (Å²) in [6.07, 6.45) is 4.08. The SMILES string of the molecule is CC(C)(C)S(=O)N[C@@](CCC1CC1)(c1ccc(C#N)cc1)c1ccc(F)c(N)c1. The maximum Gasteiger partial charge on any atom is 0.146 e. The van der Waals surface area contributed by atoms with Crippen LogP contribution in [0.2, 0.25) is 0 Å². The molecule has 1 aliphatic carbocycles. The third kappa shape index (κ3) is 4.85. The first-order valence-corrected chi connectivity index (χ1v) is 11.1. The Balaban J connectivity index is 2.16. The molecule has 2 atom stereocenters. The van der Waals surface area contributed by atoms with Crippen molar-refractivity contribution in [1.29, 1.82) is 5.26 Å². The third-order valence-electron chi connectivity index (χ3n) is 5.44. The minimum Gasteiger partial charge on any atom is -0.396 e. The summed E-state index contributed by atoms with van der Waals surface area (Å²) >= 11 is 0. The van der Waals surface area contributed by atoms with Crippen molar-refractivity contribution in [2.75, 3.05) is 5.73 Å². The first-order chi connectivity index (χ1) is 13.7. The second-order valence-electron chi connectivity index (χ2n) is 8.80. The summed E-state index contributed by atoms with van der Waals surface area (Å²) in [4.78, 5) is 0. The lowest BCUT2D eigenvalue weighted by Gasteiger charge is -2.38. The van der Waals surface area contributed by atoms with Crippen LogP contribution in [0.1, 0.15) is 63.1 Å². The molecule has 2 aromatic carbocycles. The van der Waals surface area contributed by atoms with Gasteiger partial charge in [0.05, 0.1) is 38.6 Å². The summed E-state index contributed by atoms with van der Waals surface area (Å²) in [5, 5.41) is 9.18. The lowest BCUT2D eigenvalue weighted by Crippen LogP contribution is -2.49. The summed E-state index contributed by atoms with van der Waals surface area (Å²) in [6.45, 7) is 5.75. The number of nitrogens with one attached hydrogen (secondary N) is 1. The Labute approximate surface area is 174 Å². The number of anilines is 1. The number of hydrogen-bond acceptors (Lipinski definition) is 3. The Morgan fingerprint density at radius 3 is 2.31 bits per heavy atom. The Kier molecular flexibility index (Phi) is 6.11.